The van der Waals surface area contributed by atoms with Crippen LogP contribution in [-0.4, -0.2) is 29.7 Å². The zero-order valence-electron chi connectivity index (χ0n) is 11.6. The fraction of sp³-hybridized carbons (Fsp3) is 0.786. The third-order valence-electron chi connectivity index (χ3n) is 3.07. The fourth-order valence-corrected chi connectivity index (χ4v) is 2.31. The zero-order chi connectivity index (χ0) is 13.1. The second kappa shape index (κ2) is 5.11. The minimum atomic E-state index is -0.413. The minimum absolute atomic E-state index is 0.164. The Morgan fingerprint density at radius 3 is 2.71 bits per heavy atom. The van der Waals surface area contributed by atoms with Crippen molar-refractivity contribution in [3.8, 4) is 0 Å². The molecule has 0 saturated carbocycles. The lowest BCUT2D eigenvalue weighted by molar-refractivity contribution is 0.00707. The average Bonchev–Trinajstić information content (AvgIpc) is 2.14. The lowest BCUT2D eigenvalue weighted by atomic mass is 9.79. The van der Waals surface area contributed by atoms with Gasteiger partial charge in [0, 0.05) is 13.1 Å². The number of hydrogen-bond acceptors (Lipinski definition) is 2. The van der Waals surface area contributed by atoms with E-state index in [0.717, 1.165) is 32.4 Å². The van der Waals surface area contributed by atoms with Crippen LogP contribution in [0, 0.1) is 5.41 Å². The molecule has 0 aromatic rings. The van der Waals surface area contributed by atoms with Gasteiger partial charge in [-0.2, -0.15) is 0 Å². The van der Waals surface area contributed by atoms with Gasteiger partial charge in [-0.05, 0) is 45.4 Å². The molecule has 1 aliphatic rings. The van der Waals surface area contributed by atoms with Gasteiger partial charge in [-0.25, -0.2) is 4.79 Å². The van der Waals surface area contributed by atoms with Gasteiger partial charge in [-0.1, -0.05) is 13.0 Å². The van der Waals surface area contributed by atoms with Crippen LogP contribution in [0.15, 0.2) is 12.7 Å². The topological polar surface area (TPSA) is 29.5 Å². The standard InChI is InChI=1S/C14H25NO2/c1-6-8-14(5)9-7-10-15(11-14)12(16)17-13(2,3)4/h6H,1,7-11H2,2-5H3/t14-/m1/s1. The summed E-state index contributed by atoms with van der Waals surface area (Å²) < 4.78 is 5.41. The van der Waals surface area contributed by atoms with Crippen LogP contribution in [-0.2, 0) is 4.74 Å². The molecular formula is C14H25NO2. The van der Waals surface area contributed by atoms with Crippen molar-refractivity contribution in [3.05, 3.63) is 12.7 Å². The Morgan fingerprint density at radius 1 is 1.53 bits per heavy atom. The number of likely N-dealkylation sites (tertiary alicyclic amines) is 1. The second-order valence-electron chi connectivity index (χ2n) is 6.31. The summed E-state index contributed by atoms with van der Waals surface area (Å²) in [5.74, 6) is 0. The lowest BCUT2D eigenvalue weighted by Gasteiger charge is -2.40. The van der Waals surface area contributed by atoms with Crippen molar-refractivity contribution in [1.29, 1.82) is 0 Å². The second-order valence-corrected chi connectivity index (χ2v) is 6.31. The Labute approximate surface area is 105 Å². The Balaban J connectivity index is 2.60. The Kier molecular flexibility index (Phi) is 4.23. The smallest absolute Gasteiger partial charge is 0.410 e. The van der Waals surface area contributed by atoms with Crippen LogP contribution < -0.4 is 0 Å². The van der Waals surface area contributed by atoms with Crippen LogP contribution in [0.5, 0.6) is 0 Å². The predicted molar refractivity (Wildman–Crippen MR) is 70.0 cm³/mol. The molecule has 1 aliphatic heterocycles. The van der Waals surface area contributed by atoms with Crippen LogP contribution >= 0.6 is 0 Å². The van der Waals surface area contributed by atoms with Gasteiger partial charge in [0.05, 0.1) is 0 Å². The molecule has 1 atom stereocenters. The minimum Gasteiger partial charge on any atom is -0.444 e. The molecule has 1 amide bonds. The summed E-state index contributed by atoms with van der Waals surface area (Å²) in [5, 5.41) is 0. The molecule has 0 unspecified atom stereocenters. The summed E-state index contributed by atoms with van der Waals surface area (Å²) in [4.78, 5) is 13.8. The van der Waals surface area contributed by atoms with Crippen molar-refractivity contribution in [2.24, 2.45) is 5.41 Å². The number of piperidine rings is 1. The summed E-state index contributed by atoms with van der Waals surface area (Å²) in [7, 11) is 0. The van der Waals surface area contributed by atoms with E-state index in [1.54, 1.807) is 0 Å². The molecular weight excluding hydrogens is 214 g/mol. The third-order valence-corrected chi connectivity index (χ3v) is 3.07. The normalized spacial score (nSPS) is 25.5. The van der Waals surface area contributed by atoms with Gasteiger partial charge in [0.25, 0.3) is 0 Å². The first-order chi connectivity index (χ1) is 7.76. The first-order valence-electron chi connectivity index (χ1n) is 6.35. The Bertz CT molecular complexity index is 293. The van der Waals surface area contributed by atoms with Crippen molar-refractivity contribution >= 4 is 6.09 Å². The molecule has 0 aromatic heterocycles. The number of amides is 1. The maximum atomic E-state index is 12.0. The van der Waals surface area contributed by atoms with Crippen LogP contribution in [0.1, 0.15) is 47.0 Å². The molecule has 0 spiro atoms. The van der Waals surface area contributed by atoms with Gasteiger partial charge in [0.2, 0.25) is 0 Å². The number of nitrogens with zero attached hydrogens (tertiary/aromatic N) is 1. The maximum absolute atomic E-state index is 12.0. The molecule has 3 nitrogen and oxygen atoms in total. The molecule has 1 rings (SSSR count). The number of ether oxygens (including phenoxy) is 1. The van der Waals surface area contributed by atoms with E-state index in [0.29, 0.717) is 0 Å². The molecule has 0 aliphatic carbocycles. The van der Waals surface area contributed by atoms with Gasteiger partial charge in [-0.3, -0.25) is 0 Å². The summed E-state index contributed by atoms with van der Waals surface area (Å²) in [6.45, 7) is 13.3. The van der Waals surface area contributed by atoms with Crippen LogP contribution in [0.25, 0.3) is 0 Å². The molecule has 1 saturated heterocycles. The van der Waals surface area contributed by atoms with Crippen molar-refractivity contribution < 1.29 is 9.53 Å². The van der Waals surface area contributed by atoms with Gasteiger partial charge >= 0.3 is 6.09 Å². The Hall–Kier alpha value is -0.990. The van der Waals surface area contributed by atoms with E-state index in [1.165, 1.54) is 0 Å². The molecule has 0 radical (unpaired) electrons. The largest absolute Gasteiger partial charge is 0.444 e. The monoisotopic (exact) mass is 239 g/mol. The van der Waals surface area contributed by atoms with Crippen LogP contribution in [0.3, 0.4) is 0 Å². The summed E-state index contributed by atoms with van der Waals surface area (Å²) in [6.07, 6.45) is 4.90. The van der Waals surface area contributed by atoms with Crippen molar-refractivity contribution in [1.82, 2.24) is 4.90 Å². The highest BCUT2D eigenvalue weighted by atomic mass is 16.6. The van der Waals surface area contributed by atoms with Crippen molar-refractivity contribution in [2.75, 3.05) is 13.1 Å². The number of allylic oxidation sites excluding steroid dienone is 1. The fourth-order valence-electron chi connectivity index (χ4n) is 2.31. The van der Waals surface area contributed by atoms with Crippen molar-refractivity contribution in [3.63, 3.8) is 0 Å². The summed E-state index contributed by atoms with van der Waals surface area (Å²) in [6, 6.07) is 0. The molecule has 1 heterocycles. The highest BCUT2D eigenvalue weighted by molar-refractivity contribution is 5.68. The average molecular weight is 239 g/mol. The predicted octanol–water partition coefficient (Wildman–Crippen LogP) is 3.60. The van der Waals surface area contributed by atoms with Gasteiger partial charge in [0.15, 0.2) is 0 Å². The van der Waals surface area contributed by atoms with Crippen LogP contribution in [0.4, 0.5) is 4.79 Å². The molecule has 0 N–H and O–H groups in total. The van der Waals surface area contributed by atoms with E-state index in [4.69, 9.17) is 4.74 Å². The zero-order valence-corrected chi connectivity index (χ0v) is 11.6. The summed E-state index contributed by atoms with van der Waals surface area (Å²) >= 11 is 0. The maximum Gasteiger partial charge on any atom is 0.410 e. The number of carbonyl (C=O) groups is 1. The number of rotatable bonds is 2. The van der Waals surface area contributed by atoms with E-state index >= 15 is 0 Å². The van der Waals surface area contributed by atoms with Crippen molar-refractivity contribution in [2.45, 2.75) is 52.6 Å². The number of hydrogen-bond donors (Lipinski definition) is 0. The molecule has 0 bridgehead atoms. The molecule has 3 heteroatoms. The third kappa shape index (κ3) is 4.41. The van der Waals surface area contributed by atoms with E-state index < -0.39 is 5.60 Å². The molecule has 1 fully saturated rings. The highest BCUT2D eigenvalue weighted by Crippen LogP contribution is 2.33. The molecule has 98 valence electrons. The van der Waals surface area contributed by atoms with Gasteiger partial charge < -0.3 is 9.64 Å². The summed E-state index contributed by atoms with van der Waals surface area (Å²) in [5.41, 5.74) is -0.250. The van der Waals surface area contributed by atoms with E-state index in [1.807, 2.05) is 31.7 Å². The van der Waals surface area contributed by atoms with Crippen LogP contribution in [0.2, 0.25) is 0 Å². The lowest BCUT2D eigenvalue weighted by Crippen LogP contribution is -2.46. The molecule has 0 aromatic carbocycles. The van der Waals surface area contributed by atoms with Gasteiger partial charge in [0.1, 0.15) is 5.60 Å². The first kappa shape index (κ1) is 14.1. The van der Waals surface area contributed by atoms with E-state index in [2.05, 4.69) is 13.5 Å². The highest BCUT2D eigenvalue weighted by Gasteiger charge is 2.33. The Morgan fingerprint density at radius 2 is 2.18 bits per heavy atom. The van der Waals surface area contributed by atoms with E-state index in [-0.39, 0.29) is 11.5 Å². The SMILES string of the molecule is C=CC[C@]1(C)CCCN(C(=O)OC(C)(C)C)C1. The first-order valence-corrected chi connectivity index (χ1v) is 6.35. The van der Waals surface area contributed by atoms with Gasteiger partial charge in [-0.15, -0.1) is 6.58 Å². The number of carbonyl (C=O) groups excluding carboxylic acids is 1. The quantitative estimate of drug-likeness (QED) is 0.689. The molecule has 17 heavy (non-hydrogen) atoms. The van der Waals surface area contributed by atoms with E-state index in [9.17, 15) is 4.79 Å².